The molecule has 0 heterocycles. The van der Waals surface area contributed by atoms with Gasteiger partial charge in [-0.1, -0.05) is 60.1 Å². The summed E-state index contributed by atoms with van der Waals surface area (Å²) in [5.41, 5.74) is 2.72. The highest BCUT2D eigenvalue weighted by atomic mass is 35.5. The Kier molecular flexibility index (Phi) is 6.92. The normalized spacial score (nSPS) is 11.3. The maximum atomic E-state index is 13.5. The number of allylic oxidation sites excluding steroid dienone is 1. The van der Waals surface area contributed by atoms with Crippen LogP contribution in [0.2, 0.25) is 5.02 Å². The van der Waals surface area contributed by atoms with E-state index in [2.05, 4.69) is 6.07 Å². The van der Waals surface area contributed by atoms with E-state index in [1.807, 2.05) is 49.4 Å². The lowest BCUT2D eigenvalue weighted by Gasteiger charge is -2.15. The number of ether oxygens (including phenoxy) is 2. The van der Waals surface area contributed by atoms with E-state index in [1.54, 1.807) is 30.3 Å². The van der Waals surface area contributed by atoms with E-state index < -0.39 is 0 Å². The third-order valence-electron chi connectivity index (χ3n) is 5.10. The van der Waals surface area contributed by atoms with Gasteiger partial charge in [0, 0.05) is 0 Å². The van der Waals surface area contributed by atoms with Crippen LogP contribution in [0.15, 0.2) is 78.9 Å². The standard InChI is InChI=1S/C28H21ClFNO2/c1-2-32-27-15-20(14-26(29)28(27)33-18-19-6-5-9-25(30)13-19)12-24(17-31)23-11-10-21-7-3-4-8-22(21)16-23/h3-16H,2,18H2,1H3/b24-12-. The molecule has 0 unspecified atom stereocenters. The molecule has 0 fully saturated rings. The van der Waals surface area contributed by atoms with Crippen LogP contribution in [0.3, 0.4) is 0 Å². The summed E-state index contributed by atoms with van der Waals surface area (Å²) >= 11 is 6.53. The first-order valence-electron chi connectivity index (χ1n) is 10.5. The van der Waals surface area contributed by atoms with Crippen LogP contribution < -0.4 is 9.47 Å². The largest absolute Gasteiger partial charge is 0.490 e. The van der Waals surface area contributed by atoms with Gasteiger partial charge in [-0.2, -0.15) is 5.26 Å². The Balaban J connectivity index is 1.66. The van der Waals surface area contributed by atoms with E-state index in [9.17, 15) is 9.65 Å². The lowest BCUT2D eigenvalue weighted by Crippen LogP contribution is -2.01. The predicted molar refractivity (Wildman–Crippen MR) is 131 cm³/mol. The second-order valence-corrected chi connectivity index (χ2v) is 7.82. The van der Waals surface area contributed by atoms with E-state index in [0.29, 0.717) is 39.8 Å². The zero-order valence-corrected chi connectivity index (χ0v) is 18.8. The minimum Gasteiger partial charge on any atom is -0.490 e. The van der Waals surface area contributed by atoms with Gasteiger partial charge in [0.05, 0.1) is 23.3 Å². The van der Waals surface area contributed by atoms with Crippen molar-refractivity contribution in [3.05, 3.63) is 106 Å². The molecule has 5 heteroatoms. The second-order valence-electron chi connectivity index (χ2n) is 7.41. The molecule has 0 aromatic heterocycles. The quantitative estimate of drug-likeness (QED) is 0.211. The molecule has 0 atom stereocenters. The highest BCUT2D eigenvalue weighted by Crippen LogP contribution is 2.38. The Morgan fingerprint density at radius 3 is 2.55 bits per heavy atom. The summed E-state index contributed by atoms with van der Waals surface area (Å²) in [6.07, 6.45) is 1.77. The average Bonchev–Trinajstić information content (AvgIpc) is 2.82. The molecule has 0 bridgehead atoms. The molecule has 0 aliphatic carbocycles. The summed E-state index contributed by atoms with van der Waals surface area (Å²) < 4.78 is 25.1. The van der Waals surface area contributed by atoms with Crippen LogP contribution in [0.5, 0.6) is 11.5 Å². The topological polar surface area (TPSA) is 42.2 Å². The van der Waals surface area contributed by atoms with Crippen molar-refractivity contribution in [3.8, 4) is 17.6 Å². The van der Waals surface area contributed by atoms with Crippen molar-refractivity contribution < 1.29 is 13.9 Å². The number of nitriles is 1. The second kappa shape index (κ2) is 10.2. The zero-order chi connectivity index (χ0) is 23.2. The highest BCUT2D eigenvalue weighted by Gasteiger charge is 2.14. The molecule has 0 radical (unpaired) electrons. The maximum Gasteiger partial charge on any atom is 0.180 e. The number of benzene rings is 4. The fourth-order valence-corrected chi connectivity index (χ4v) is 3.83. The summed E-state index contributed by atoms with van der Waals surface area (Å²) in [4.78, 5) is 0. The monoisotopic (exact) mass is 457 g/mol. The van der Waals surface area contributed by atoms with Crippen LogP contribution in [-0.4, -0.2) is 6.61 Å². The molecular weight excluding hydrogens is 437 g/mol. The lowest BCUT2D eigenvalue weighted by molar-refractivity contribution is 0.269. The molecular formula is C28H21ClFNO2. The number of fused-ring (bicyclic) bond motifs is 1. The van der Waals surface area contributed by atoms with Crippen molar-refractivity contribution in [2.45, 2.75) is 13.5 Å². The van der Waals surface area contributed by atoms with Crippen molar-refractivity contribution in [1.82, 2.24) is 0 Å². The van der Waals surface area contributed by atoms with E-state index in [4.69, 9.17) is 21.1 Å². The van der Waals surface area contributed by atoms with E-state index >= 15 is 0 Å². The lowest BCUT2D eigenvalue weighted by atomic mass is 10.00. The molecule has 3 nitrogen and oxygen atoms in total. The van der Waals surface area contributed by atoms with Crippen LogP contribution in [0.4, 0.5) is 4.39 Å². The number of halogens is 2. The summed E-state index contributed by atoms with van der Waals surface area (Å²) in [7, 11) is 0. The number of hydrogen-bond donors (Lipinski definition) is 0. The fourth-order valence-electron chi connectivity index (χ4n) is 3.56. The van der Waals surface area contributed by atoms with Gasteiger partial charge in [0.1, 0.15) is 12.4 Å². The SMILES string of the molecule is CCOc1cc(/C=C(/C#N)c2ccc3ccccc3c2)cc(Cl)c1OCc1cccc(F)c1. The van der Waals surface area contributed by atoms with E-state index in [-0.39, 0.29) is 12.4 Å². The summed E-state index contributed by atoms with van der Waals surface area (Å²) in [6, 6.07) is 25.9. The molecule has 4 rings (SSSR count). The molecule has 0 aliphatic rings. The molecule has 0 amide bonds. The van der Waals surface area contributed by atoms with Crippen LogP contribution in [-0.2, 0) is 6.61 Å². The Morgan fingerprint density at radius 1 is 0.970 bits per heavy atom. The van der Waals surface area contributed by atoms with Gasteiger partial charge >= 0.3 is 0 Å². The molecule has 0 spiro atoms. The molecule has 0 saturated carbocycles. The highest BCUT2D eigenvalue weighted by molar-refractivity contribution is 6.32. The van der Waals surface area contributed by atoms with Gasteiger partial charge in [-0.3, -0.25) is 0 Å². The summed E-state index contributed by atoms with van der Waals surface area (Å²) in [5, 5.41) is 12.3. The van der Waals surface area contributed by atoms with Crippen LogP contribution in [0.25, 0.3) is 22.4 Å². The third-order valence-corrected chi connectivity index (χ3v) is 5.38. The Labute approximate surface area is 197 Å². The minimum absolute atomic E-state index is 0.146. The van der Waals surface area contributed by atoms with Crippen LogP contribution in [0.1, 0.15) is 23.6 Å². The van der Waals surface area contributed by atoms with E-state index in [0.717, 1.165) is 16.3 Å². The molecule has 4 aromatic carbocycles. The van der Waals surface area contributed by atoms with Gasteiger partial charge in [0.25, 0.3) is 0 Å². The summed E-state index contributed by atoms with van der Waals surface area (Å²) in [5.74, 6) is 0.512. The van der Waals surface area contributed by atoms with Crippen LogP contribution in [0, 0.1) is 17.1 Å². The van der Waals surface area contributed by atoms with Gasteiger partial charge < -0.3 is 9.47 Å². The van der Waals surface area contributed by atoms with Gasteiger partial charge in [-0.05, 0) is 70.8 Å². The van der Waals surface area contributed by atoms with Crippen molar-refractivity contribution in [2.24, 2.45) is 0 Å². The molecule has 0 saturated heterocycles. The van der Waals surface area contributed by atoms with Gasteiger partial charge in [0.2, 0.25) is 0 Å². The first kappa shape index (κ1) is 22.4. The third kappa shape index (κ3) is 5.34. The van der Waals surface area contributed by atoms with Crippen molar-refractivity contribution >= 4 is 34.0 Å². The minimum atomic E-state index is -0.328. The number of nitrogens with zero attached hydrogens (tertiary/aromatic N) is 1. The van der Waals surface area contributed by atoms with Crippen molar-refractivity contribution in [3.63, 3.8) is 0 Å². The van der Waals surface area contributed by atoms with Crippen molar-refractivity contribution in [1.29, 1.82) is 5.26 Å². The maximum absolute atomic E-state index is 13.5. The van der Waals surface area contributed by atoms with Crippen molar-refractivity contribution in [2.75, 3.05) is 6.61 Å². The first-order valence-corrected chi connectivity index (χ1v) is 10.9. The molecule has 0 N–H and O–H groups in total. The molecule has 33 heavy (non-hydrogen) atoms. The Bertz CT molecular complexity index is 1370. The first-order chi connectivity index (χ1) is 16.1. The van der Waals surface area contributed by atoms with Gasteiger partial charge in [0.15, 0.2) is 11.5 Å². The molecule has 4 aromatic rings. The fraction of sp³-hybridized carbons (Fsp3) is 0.107. The number of hydrogen-bond acceptors (Lipinski definition) is 3. The summed E-state index contributed by atoms with van der Waals surface area (Å²) in [6.45, 7) is 2.42. The Morgan fingerprint density at radius 2 is 1.79 bits per heavy atom. The zero-order valence-electron chi connectivity index (χ0n) is 18.0. The Hall–Kier alpha value is -3.81. The average molecular weight is 458 g/mol. The van der Waals surface area contributed by atoms with Gasteiger partial charge in [-0.15, -0.1) is 0 Å². The smallest absolute Gasteiger partial charge is 0.180 e. The number of rotatable bonds is 7. The van der Waals surface area contributed by atoms with Crippen LogP contribution >= 0.6 is 11.6 Å². The molecule has 0 aliphatic heterocycles. The predicted octanol–water partition coefficient (Wildman–Crippen LogP) is 7.67. The van der Waals surface area contributed by atoms with Gasteiger partial charge in [-0.25, -0.2) is 4.39 Å². The van der Waals surface area contributed by atoms with E-state index in [1.165, 1.54) is 12.1 Å². The molecule has 164 valence electrons.